The topological polar surface area (TPSA) is 12.0 Å². The largest absolute Gasteiger partial charge is 0.310 e. The predicted molar refractivity (Wildman–Crippen MR) is 121 cm³/mol. The van der Waals surface area contributed by atoms with Gasteiger partial charge in [0.1, 0.15) is 0 Å². The van der Waals surface area contributed by atoms with Crippen molar-refractivity contribution in [1.29, 1.82) is 0 Å². The summed E-state index contributed by atoms with van der Waals surface area (Å²) < 4.78 is 0. The molecule has 0 aromatic rings. The van der Waals surface area contributed by atoms with Gasteiger partial charge in [0.05, 0.1) is 0 Å². The maximum absolute atomic E-state index is 4.39. The molecule has 2 aliphatic rings. The third-order valence-electron chi connectivity index (χ3n) is 8.45. The number of hydrogen-bond acceptors (Lipinski definition) is 1. The van der Waals surface area contributed by atoms with E-state index in [1.165, 1.54) is 116 Å². The Morgan fingerprint density at radius 2 is 0.963 bits per heavy atom. The molecule has 2 rings (SSSR count). The molecule has 1 nitrogen and oxygen atoms in total. The monoisotopic (exact) mass is 377 g/mol. The third-order valence-corrected chi connectivity index (χ3v) is 8.45. The Bertz CT molecular complexity index is 340. The van der Waals surface area contributed by atoms with Crippen LogP contribution in [-0.2, 0) is 0 Å². The van der Waals surface area contributed by atoms with Gasteiger partial charge in [-0.1, -0.05) is 91.9 Å². The molecule has 1 heteroatoms. The summed E-state index contributed by atoms with van der Waals surface area (Å²) in [6.45, 7) is 9.68. The molecule has 2 saturated carbocycles. The van der Waals surface area contributed by atoms with E-state index in [4.69, 9.17) is 0 Å². The Balaban J connectivity index is 2.17. The Morgan fingerprint density at radius 1 is 0.593 bits per heavy atom. The molecule has 27 heavy (non-hydrogen) atoms. The van der Waals surface area contributed by atoms with Gasteiger partial charge in [-0.2, -0.15) is 0 Å². The van der Waals surface area contributed by atoms with Gasteiger partial charge < -0.3 is 5.32 Å². The van der Waals surface area contributed by atoms with Crippen molar-refractivity contribution < 1.29 is 0 Å². The van der Waals surface area contributed by atoms with Crippen LogP contribution < -0.4 is 5.32 Å². The third kappa shape index (κ3) is 5.97. The summed E-state index contributed by atoms with van der Waals surface area (Å²) in [7, 11) is 0. The van der Waals surface area contributed by atoms with Gasteiger partial charge >= 0.3 is 0 Å². The molecule has 0 bridgehead atoms. The second-order valence-corrected chi connectivity index (χ2v) is 10.1. The van der Waals surface area contributed by atoms with Crippen molar-refractivity contribution in [3.63, 3.8) is 0 Å². The van der Waals surface area contributed by atoms with Crippen molar-refractivity contribution in [1.82, 2.24) is 5.32 Å². The molecule has 0 radical (unpaired) electrons. The van der Waals surface area contributed by atoms with Crippen molar-refractivity contribution in [2.75, 3.05) is 0 Å². The molecule has 0 spiro atoms. The molecule has 160 valence electrons. The SMILES string of the molecule is CCCCC1(C(CC)NC(CC)C2(CCCC)CCCCC2)CCCCC1. The zero-order chi connectivity index (χ0) is 19.6. The molecule has 2 fully saturated rings. The molecule has 2 unspecified atom stereocenters. The standard InChI is InChI=1S/C26H51N/c1-5-9-17-25(19-13-11-14-20-25)23(7-3)27-24(8-4)26(18-10-6-2)21-15-12-16-22-26/h23-24,27H,5-22H2,1-4H3. The van der Waals surface area contributed by atoms with Crippen LogP contribution in [0.1, 0.15) is 143 Å². The van der Waals surface area contributed by atoms with E-state index in [-0.39, 0.29) is 0 Å². The smallest absolute Gasteiger partial charge is 0.0124 e. The highest BCUT2D eigenvalue weighted by atomic mass is 15.0. The van der Waals surface area contributed by atoms with E-state index in [1.807, 2.05) is 0 Å². The van der Waals surface area contributed by atoms with Gasteiger partial charge in [-0.05, 0) is 62.2 Å². The summed E-state index contributed by atoms with van der Waals surface area (Å²) in [5.41, 5.74) is 1.19. The Morgan fingerprint density at radius 3 is 1.26 bits per heavy atom. The van der Waals surface area contributed by atoms with Crippen LogP contribution in [0.15, 0.2) is 0 Å². The summed E-state index contributed by atoms with van der Waals surface area (Å²) in [6, 6.07) is 1.49. The average Bonchev–Trinajstić information content (AvgIpc) is 2.73. The van der Waals surface area contributed by atoms with Crippen molar-refractivity contribution in [3.05, 3.63) is 0 Å². The van der Waals surface area contributed by atoms with Crippen LogP contribution in [0, 0.1) is 10.8 Å². The summed E-state index contributed by atoms with van der Waals surface area (Å²) >= 11 is 0. The molecule has 0 saturated heterocycles. The van der Waals surface area contributed by atoms with Gasteiger partial charge in [-0.25, -0.2) is 0 Å². The lowest BCUT2D eigenvalue weighted by Gasteiger charge is -2.50. The highest BCUT2D eigenvalue weighted by molar-refractivity contribution is 4.99. The van der Waals surface area contributed by atoms with Crippen molar-refractivity contribution in [2.24, 2.45) is 10.8 Å². The zero-order valence-corrected chi connectivity index (χ0v) is 19.4. The van der Waals surface area contributed by atoms with E-state index in [1.54, 1.807) is 0 Å². The second-order valence-electron chi connectivity index (χ2n) is 10.1. The molecule has 0 aromatic carbocycles. The van der Waals surface area contributed by atoms with Gasteiger partial charge in [-0.3, -0.25) is 0 Å². The van der Waals surface area contributed by atoms with Gasteiger partial charge in [-0.15, -0.1) is 0 Å². The lowest BCUT2D eigenvalue weighted by molar-refractivity contribution is 0.0464. The lowest BCUT2D eigenvalue weighted by Crippen LogP contribution is -2.55. The normalized spacial score (nSPS) is 24.4. The predicted octanol–water partition coefficient (Wildman–Crippen LogP) is 8.41. The highest BCUT2D eigenvalue weighted by Crippen LogP contribution is 2.48. The average molecular weight is 378 g/mol. The van der Waals surface area contributed by atoms with Gasteiger partial charge in [0.25, 0.3) is 0 Å². The van der Waals surface area contributed by atoms with E-state index < -0.39 is 0 Å². The van der Waals surface area contributed by atoms with Crippen LogP contribution in [0.2, 0.25) is 0 Å². The fourth-order valence-electron chi connectivity index (χ4n) is 6.81. The molecule has 2 aliphatic carbocycles. The number of unbranched alkanes of at least 4 members (excludes halogenated alkanes) is 2. The van der Waals surface area contributed by atoms with Gasteiger partial charge in [0.15, 0.2) is 0 Å². The first-order valence-corrected chi connectivity index (χ1v) is 12.9. The minimum Gasteiger partial charge on any atom is -0.310 e. The maximum Gasteiger partial charge on any atom is 0.0124 e. The van der Waals surface area contributed by atoms with Crippen LogP contribution in [0.5, 0.6) is 0 Å². The fraction of sp³-hybridized carbons (Fsp3) is 1.00. The quantitative estimate of drug-likeness (QED) is 0.360. The van der Waals surface area contributed by atoms with Crippen molar-refractivity contribution in [2.45, 2.75) is 155 Å². The lowest BCUT2D eigenvalue weighted by atomic mass is 9.62. The maximum atomic E-state index is 4.39. The molecule has 2 atom stereocenters. The Kier molecular flexibility index (Phi) is 10.2. The summed E-state index contributed by atoms with van der Waals surface area (Å²) in [6.07, 6.45) is 25.9. The number of rotatable bonds is 12. The molecule has 1 N–H and O–H groups in total. The Hall–Kier alpha value is -0.0400. The summed E-state index contributed by atoms with van der Waals surface area (Å²) in [4.78, 5) is 0. The number of nitrogens with one attached hydrogen (secondary N) is 1. The van der Waals surface area contributed by atoms with Gasteiger partial charge in [0.2, 0.25) is 0 Å². The first-order chi connectivity index (χ1) is 13.2. The second kappa shape index (κ2) is 11.8. The Labute approximate surface area is 171 Å². The van der Waals surface area contributed by atoms with E-state index in [2.05, 4.69) is 33.0 Å². The van der Waals surface area contributed by atoms with E-state index in [0.717, 1.165) is 12.1 Å². The van der Waals surface area contributed by atoms with Crippen LogP contribution in [0.4, 0.5) is 0 Å². The molecule has 0 aliphatic heterocycles. The van der Waals surface area contributed by atoms with Crippen molar-refractivity contribution >= 4 is 0 Å². The van der Waals surface area contributed by atoms with E-state index in [9.17, 15) is 0 Å². The highest BCUT2D eigenvalue weighted by Gasteiger charge is 2.43. The molecule has 0 heterocycles. The van der Waals surface area contributed by atoms with E-state index >= 15 is 0 Å². The fourth-order valence-corrected chi connectivity index (χ4v) is 6.81. The van der Waals surface area contributed by atoms with Crippen molar-refractivity contribution in [3.8, 4) is 0 Å². The van der Waals surface area contributed by atoms with Crippen LogP contribution in [0.3, 0.4) is 0 Å². The summed E-state index contributed by atoms with van der Waals surface area (Å²) in [5.74, 6) is 0. The molecule has 0 amide bonds. The van der Waals surface area contributed by atoms with Crippen LogP contribution in [0.25, 0.3) is 0 Å². The summed E-state index contributed by atoms with van der Waals surface area (Å²) in [5, 5.41) is 4.39. The molecular weight excluding hydrogens is 326 g/mol. The van der Waals surface area contributed by atoms with Crippen LogP contribution >= 0.6 is 0 Å². The van der Waals surface area contributed by atoms with Gasteiger partial charge in [0, 0.05) is 12.1 Å². The first-order valence-electron chi connectivity index (χ1n) is 12.9. The molecular formula is C26H51N. The molecule has 0 aromatic heterocycles. The first kappa shape index (κ1) is 23.2. The minimum atomic E-state index is 0.594. The number of hydrogen-bond donors (Lipinski definition) is 1. The minimum absolute atomic E-state index is 0.594. The van der Waals surface area contributed by atoms with Crippen LogP contribution in [-0.4, -0.2) is 12.1 Å². The zero-order valence-electron chi connectivity index (χ0n) is 19.4. The van der Waals surface area contributed by atoms with E-state index in [0.29, 0.717) is 10.8 Å².